The predicted octanol–water partition coefficient (Wildman–Crippen LogP) is 2.82. The average Bonchev–Trinajstić information content (AvgIpc) is 2.35. The lowest BCUT2D eigenvalue weighted by Crippen LogP contribution is -2.56. The Hall–Kier alpha value is -1.90. The van der Waals surface area contributed by atoms with Crippen LogP contribution >= 0.6 is 0 Å². The van der Waals surface area contributed by atoms with E-state index in [1.807, 2.05) is 0 Å². The van der Waals surface area contributed by atoms with Gasteiger partial charge in [0, 0.05) is 12.2 Å². The maximum absolute atomic E-state index is 13.7. The molecular weight excluding hydrogens is 313 g/mol. The summed E-state index contributed by atoms with van der Waals surface area (Å²) in [5.41, 5.74) is -1.58. The number of anilines is 1. The smallest absolute Gasteiger partial charge is 0.411 e. The van der Waals surface area contributed by atoms with Crippen molar-refractivity contribution in [1.82, 2.24) is 0 Å². The van der Waals surface area contributed by atoms with Crippen LogP contribution in [0.2, 0.25) is 0 Å². The molecule has 0 bridgehead atoms. The van der Waals surface area contributed by atoms with E-state index in [0.29, 0.717) is 12.1 Å². The number of nitrogens with zero attached hydrogens (tertiary/aromatic N) is 1. The van der Waals surface area contributed by atoms with Crippen molar-refractivity contribution in [3.8, 4) is 0 Å². The highest BCUT2D eigenvalue weighted by Crippen LogP contribution is 2.33. The van der Waals surface area contributed by atoms with Crippen molar-refractivity contribution >= 4 is 11.7 Å². The topological polar surface area (TPSA) is 49.8 Å². The highest BCUT2D eigenvalue weighted by molar-refractivity contribution is 5.88. The minimum absolute atomic E-state index is 0.227. The van der Waals surface area contributed by atoms with E-state index < -0.39 is 48.1 Å². The zero-order chi connectivity index (χ0) is 16.7. The van der Waals surface area contributed by atoms with Gasteiger partial charge in [0.05, 0.1) is 12.7 Å². The third-order valence-electron chi connectivity index (χ3n) is 3.32. The second-order valence-corrected chi connectivity index (χ2v) is 4.94. The van der Waals surface area contributed by atoms with Gasteiger partial charge in [-0.1, -0.05) is 0 Å². The van der Waals surface area contributed by atoms with Gasteiger partial charge in [-0.15, -0.1) is 0 Å². The molecule has 0 aliphatic carbocycles. The van der Waals surface area contributed by atoms with E-state index in [1.54, 1.807) is 0 Å². The van der Waals surface area contributed by atoms with Gasteiger partial charge in [-0.05, 0) is 19.1 Å². The Bertz CT molecular complexity index is 567. The fourth-order valence-electron chi connectivity index (χ4n) is 2.29. The van der Waals surface area contributed by atoms with Crippen LogP contribution < -0.4 is 4.90 Å². The van der Waals surface area contributed by atoms with Gasteiger partial charge in [-0.2, -0.15) is 13.2 Å². The number of rotatable bonds is 2. The molecule has 0 saturated carbocycles. The molecule has 0 aromatic heterocycles. The summed E-state index contributed by atoms with van der Waals surface area (Å²) in [5, 5.41) is 8.68. The lowest BCUT2D eigenvalue weighted by Gasteiger charge is -2.40. The Morgan fingerprint density at radius 3 is 2.32 bits per heavy atom. The molecule has 2 atom stereocenters. The fourth-order valence-corrected chi connectivity index (χ4v) is 2.29. The van der Waals surface area contributed by atoms with Gasteiger partial charge in [-0.3, -0.25) is 0 Å². The molecule has 122 valence electrons. The predicted molar refractivity (Wildman–Crippen MR) is 65.9 cm³/mol. The number of carboxylic acids is 1. The molecule has 1 saturated heterocycles. The van der Waals surface area contributed by atoms with Crippen LogP contribution in [-0.4, -0.2) is 42.5 Å². The Morgan fingerprint density at radius 2 is 1.86 bits per heavy atom. The zero-order valence-electron chi connectivity index (χ0n) is 11.3. The van der Waals surface area contributed by atoms with Gasteiger partial charge < -0.3 is 14.7 Å². The van der Waals surface area contributed by atoms with Gasteiger partial charge in [0.1, 0.15) is 23.2 Å². The van der Waals surface area contributed by atoms with Crippen LogP contribution in [0.25, 0.3) is 0 Å². The quantitative estimate of drug-likeness (QED) is 0.850. The molecule has 22 heavy (non-hydrogen) atoms. The molecule has 0 radical (unpaired) electrons. The largest absolute Gasteiger partial charge is 0.477 e. The Kier molecular flexibility index (Phi) is 4.28. The monoisotopic (exact) mass is 325 g/mol. The first-order chi connectivity index (χ1) is 10.1. The maximum Gasteiger partial charge on any atom is 0.411 e. The minimum Gasteiger partial charge on any atom is -0.477 e. The lowest BCUT2D eigenvalue weighted by molar-refractivity contribution is -0.173. The summed E-state index contributed by atoms with van der Waals surface area (Å²) in [6, 6.07) is -0.884. The number of halogens is 5. The molecule has 9 heteroatoms. The number of hydrogen-bond donors (Lipinski definition) is 1. The maximum atomic E-state index is 13.7. The summed E-state index contributed by atoms with van der Waals surface area (Å²) in [7, 11) is 0. The number of benzene rings is 1. The molecule has 4 nitrogen and oxygen atoms in total. The molecule has 2 rings (SSSR count). The second-order valence-electron chi connectivity index (χ2n) is 4.94. The highest BCUT2D eigenvalue weighted by atomic mass is 19.4. The molecule has 1 aliphatic heterocycles. The third-order valence-corrected chi connectivity index (χ3v) is 3.32. The number of alkyl halides is 3. The summed E-state index contributed by atoms with van der Waals surface area (Å²) >= 11 is 0. The van der Waals surface area contributed by atoms with Crippen LogP contribution in [0.3, 0.4) is 0 Å². The van der Waals surface area contributed by atoms with Crippen LogP contribution in [-0.2, 0) is 4.74 Å². The van der Waals surface area contributed by atoms with Crippen molar-refractivity contribution in [3.63, 3.8) is 0 Å². The van der Waals surface area contributed by atoms with Gasteiger partial charge in [0.2, 0.25) is 0 Å². The van der Waals surface area contributed by atoms with Crippen LogP contribution in [0.5, 0.6) is 0 Å². The number of carbonyl (C=O) groups is 1. The van der Waals surface area contributed by atoms with Crippen LogP contribution in [0.4, 0.5) is 27.6 Å². The van der Waals surface area contributed by atoms with Gasteiger partial charge in [0.25, 0.3) is 0 Å². The Morgan fingerprint density at radius 1 is 1.32 bits per heavy atom. The van der Waals surface area contributed by atoms with Crippen molar-refractivity contribution < 1.29 is 36.6 Å². The van der Waals surface area contributed by atoms with Gasteiger partial charge in [0.15, 0.2) is 0 Å². The molecule has 1 fully saturated rings. The number of carboxylic acid groups (broad SMARTS) is 1. The van der Waals surface area contributed by atoms with E-state index in [2.05, 4.69) is 0 Å². The number of aromatic carboxylic acids is 1. The first kappa shape index (κ1) is 16.5. The van der Waals surface area contributed by atoms with E-state index in [-0.39, 0.29) is 12.2 Å². The Labute approximate surface area is 122 Å². The molecular formula is C13H12F5NO3. The van der Waals surface area contributed by atoms with E-state index in [0.717, 1.165) is 4.90 Å². The number of morpholine rings is 1. The minimum atomic E-state index is -4.65. The molecule has 1 heterocycles. The summed E-state index contributed by atoms with van der Waals surface area (Å²) < 4.78 is 71.3. The first-order valence-electron chi connectivity index (χ1n) is 6.28. The molecule has 0 spiro atoms. The van der Waals surface area contributed by atoms with Crippen molar-refractivity contribution in [2.24, 2.45) is 0 Å². The Balaban J connectivity index is 2.45. The zero-order valence-corrected chi connectivity index (χ0v) is 11.3. The number of hydrogen-bond acceptors (Lipinski definition) is 3. The average molecular weight is 325 g/mol. The third kappa shape index (κ3) is 3.13. The molecule has 1 N–H and O–H groups in total. The summed E-state index contributed by atoms with van der Waals surface area (Å²) in [5.74, 6) is -4.69. The van der Waals surface area contributed by atoms with E-state index in [4.69, 9.17) is 9.84 Å². The second kappa shape index (κ2) is 5.71. The molecule has 1 aromatic carbocycles. The summed E-state index contributed by atoms with van der Waals surface area (Å²) in [6.45, 7) is 0.627. The van der Waals surface area contributed by atoms with Crippen LogP contribution in [0.1, 0.15) is 17.3 Å². The van der Waals surface area contributed by atoms with Crippen molar-refractivity contribution in [3.05, 3.63) is 29.3 Å². The van der Waals surface area contributed by atoms with Crippen molar-refractivity contribution in [2.75, 3.05) is 18.1 Å². The van der Waals surface area contributed by atoms with Gasteiger partial charge >= 0.3 is 12.1 Å². The van der Waals surface area contributed by atoms with E-state index >= 15 is 0 Å². The summed E-state index contributed by atoms with van der Waals surface area (Å²) in [6.07, 6.45) is -5.22. The fraction of sp³-hybridized carbons (Fsp3) is 0.462. The first-order valence-corrected chi connectivity index (χ1v) is 6.28. The van der Waals surface area contributed by atoms with Crippen molar-refractivity contribution in [2.45, 2.75) is 25.2 Å². The highest BCUT2D eigenvalue weighted by Gasteiger charge is 2.47. The van der Waals surface area contributed by atoms with Crippen LogP contribution in [0.15, 0.2) is 12.1 Å². The van der Waals surface area contributed by atoms with Gasteiger partial charge in [-0.25, -0.2) is 13.6 Å². The number of ether oxygens (including phenoxy) is 1. The molecule has 1 aliphatic rings. The SMILES string of the molecule is C[C@@H]1CN(c2cc(F)c(C(=O)O)c(F)c2)[C@@H](C(F)(F)F)CO1. The molecule has 0 amide bonds. The molecule has 0 unspecified atom stereocenters. The molecule has 1 aromatic rings. The van der Waals surface area contributed by atoms with E-state index in [9.17, 15) is 26.7 Å². The van der Waals surface area contributed by atoms with Crippen LogP contribution in [0, 0.1) is 11.6 Å². The standard InChI is InChI=1S/C13H12F5NO3/c1-6-4-19(10(5-22-6)13(16,17)18)7-2-8(14)11(12(20)21)9(15)3-7/h2-3,6,10H,4-5H2,1H3,(H,20,21)/t6-,10-/m1/s1. The lowest BCUT2D eigenvalue weighted by atomic mass is 10.1. The van der Waals surface area contributed by atoms with Crippen molar-refractivity contribution in [1.29, 1.82) is 0 Å². The van der Waals surface area contributed by atoms with E-state index in [1.165, 1.54) is 6.92 Å². The normalized spacial score (nSPS) is 22.7. The summed E-state index contributed by atoms with van der Waals surface area (Å²) in [4.78, 5) is 11.5.